The number of carbonyl (C=O) groups excluding carboxylic acids is 1. The third kappa shape index (κ3) is 2.17. The molecule has 1 aromatic rings. The number of anilines is 1. The predicted molar refractivity (Wildman–Crippen MR) is 80.2 cm³/mol. The van der Waals surface area contributed by atoms with Crippen molar-refractivity contribution in [2.24, 2.45) is 0 Å². The normalized spacial score (nSPS) is 20.9. The van der Waals surface area contributed by atoms with E-state index < -0.39 is 0 Å². The minimum atomic E-state index is -0.0627. The van der Waals surface area contributed by atoms with Crippen molar-refractivity contribution in [1.82, 2.24) is 9.88 Å². The van der Waals surface area contributed by atoms with Gasteiger partial charge in [0.2, 0.25) is 0 Å². The lowest BCUT2D eigenvalue weighted by molar-refractivity contribution is 0.192. The Kier molecular flexibility index (Phi) is 3.19. The van der Waals surface area contributed by atoms with Crippen molar-refractivity contribution in [3.63, 3.8) is 0 Å². The molecule has 108 valence electrons. The van der Waals surface area contributed by atoms with Crippen molar-refractivity contribution < 1.29 is 4.79 Å². The summed E-state index contributed by atoms with van der Waals surface area (Å²) in [4.78, 5) is 21.4. The van der Waals surface area contributed by atoms with Gasteiger partial charge in [-0.2, -0.15) is 0 Å². The van der Waals surface area contributed by atoms with Gasteiger partial charge in [-0.3, -0.25) is 9.88 Å². The van der Waals surface area contributed by atoms with Crippen molar-refractivity contribution in [2.45, 2.75) is 45.4 Å². The minimum Gasteiger partial charge on any atom is -0.324 e. The lowest BCUT2D eigenvalue weighted by Gasteiger charge is -2.31. The molecule has 1 saturated heterocycles. The third-order valence-electron chi connectivity index (χ3n) is 4.36. The summed E-state index contributed by atoms with van der Waals surface area (Å²) >= 11 is 0. The number of nitrogens with zero attached hydrogens (tertiary/aromatic N) is 3. The quantitative estimate of drug-likeness (QED) is 0.728. The average Bonchev–Trinajstić information content (AvgIpc) is 2.71. The SMILES string of the molecule is Cc1ccc2c(n1)C(C)(C)CN2C(=O)N1CCCCC1. The fourth-order valence-electron chi connectivity index (χ4n) is 3.25. The van der Waals surface area contributed by atoms with Gasteiger partial charge in [0.25, 0.3) is 0 Å². The number of urea groups is 1. The van der Waals surface area contributed by atoms with E-state index in [1.807, 2.05) is 28.9 Å². The molecule has 3 rings (SSSR count). The van der Waals surface area contributed by atoms with Crippen LogP contribution in [0.4, 0.5) is 10.5 Å². The Morgan fingerprint density at radius 1 is 1.20 bits per heavy atom. The largest absolute Gasteiger partial charge is 0.324 e. The zero-order valence-electron chi connectivity index (χ0n) is 12.6. The smallest absolute Gasteiger partial charge is 0.324 e. The maximum atomic E-state index is 12.8. The second-order valence-corrected chi connectivity index (χ2v) is 6.62. The summed E-state index contributed by atoms with van der Waals surface area (Å²) in [6, 6.07) is 4.20. The highest BCUT2D eigenvalue weighted by Gasteiger charge is 2.40. The van der Waals surface area contributed by atoms with Crippen LogP contribution in [0.15, 0.2) is 12.1 Å². The van der Waals surface area contributed by atoms with E-state index in [2.05, 4.69) is 18.8 Å². The fraction of sp³-hybridized carbons (Fsp3) is 0.625. The van der Waals surface area contributed by atoms with Crippen LogP contribution in [0.1, 0.15) is 44.5 Å². The lowest BCUT2D eigenvalue weighted by Crippen LogP contribution is -2.46. The first kappa shape index (κ1) is 13.4. The molecule has 1 aromatic heterocycles. The molecular formula is C16H23N3O. The number of aromatic nitrogens is 1. The summed E-state index contributed by atoms with van der Waals surface area (Å²) in [6.45, 7) is 8.86. The Labute approximate surface area is 120 Å². The molecule has 1 fully saturated rings. The molecule has 0 N–H and O–H groups in total. The van der Waals surface area contributed by atoms with Crippen LogP contribution in [0.25, 0.3) is 0 Å². The minimum absolute atomic E-state index is 0.0627. The molecule has 4 nitrogen and oxygen atoms in total. The monoisotopic (exact) mass is 273 g/mol. The lowest BCUT2D eigenvalue weighted by atomic mass is 9.91. The number of amides is 2. The van der Waals surface area contributed by atoms with E-state index in [1.54, 1.807) is 0 Å². The second kappa shape index (κ2) is 4.76. The zero-order chi connectivity index (χ0) is 14.3. The van der Waals surface area contributed by atoms with Crippen molar-refractivity contribution >= 4 is 11.7 Å². The zero-order valence-corrected chi connectivity index (χ0v) is 12.6. The number of fused-ring (bicyclic) bond motifs is 1. The molecule has 0 saturated carbocycles. The van der Waals surface area contributed by atoms with Gasteiger partial charge in [-0.15, -0.1) is 0 Å². The highest BCUT2D eigenvalue weighted by Crippen LogP contribution is 2.39. The predicted octanol–water partition coefficient (Wildman–Crippen LogP) is 3.09. The van der Waals surface area contributed by atoms with Crippen molar-refractivity contribution in [3.05, 3.63) is 23.5 Å². The molecule has 3 heterocycles. The Morgan fingerprint density at radius 3 is 2.60 bits per heavy atom. The molecule has 0 bridgehead atoms. The van der Waals surface area contributed by atoms with Crippen LogP contribution in [0, 0.1) is 6.92 Å². The number of rotatable bonds is 0. The van der Waals surface area contributed by atoms with Gasteiger partial charge in [-0.25, -0.2) is 4.79 Å². The van der Waals surface area contributed by atoms with Gasteiger partial charge in [-0.1, -0.05) is 13.8 Å². The summed E-state index contributed by atoms with van der Waals surface area (Å²) in [5.74, 6) is 0. The maximum absolute atomic E-state index is 12.8. The van der Waals surface area contributed by atoms with Crippen molar-refractivity contribution in [2.75, 3.05) is 24.5 Å². The van der Waals surface area contributed by atoms with Crippen molar-refractivity contribution in [1.29, 1.82) is 0 Å². The molecule has 2 aliphatic heterocycles. The van der Waals surface area contributed by atoms with E-state index in [0.29, 0.717) is 0 Å². The summed E-state index contributed by atoms with van der Waals surface area (Å²) in [7, 11) is 0. The molecule has 0 unspecified atom stereocenters. The average molecular weight is 273 g/mol. The third-order valence-corrected chi connectivity index (χ3v) is 4.36. The summed E-state index contributed by atoms with van der Waals surface area (Å²) < 4.78 is 0. The number of likely N-dealkylation sites (tertiary alicyclic amines) is 1. The topological polar surface area (TPSA) is 36.4 Å². The van der Waals surface area contributed by atoms with E-state index in [1.165, 1.54) is 6.42 Å². The standard InChI is InChI=1S/C16H23N3O/c1-12-7-8-13-14(17-12)16(2,3)11-19(13)15(20)18-9-5-4-6-10-18/h7-8H,4-6,9-11H2,1-3H3. The fourth-order valence-corrected chi connectivity index (χ4v) is 3.25. The molecule has 20 heavy (non-hydrogen) atoms. The van der Waals surface area contributed by atoms with Gasteiger partial charge in [0, 0.05) is 30.7 Å². The number of hydrogen-bond acceptors (Lipinski definition) is 2. The Morgan fingerprint density at radius 2 is 1.90 bits per heavy atom. The van der Waals surface area contributed by atoms with E-state index in [-0.39, 0.29) is 11.4 Å². The van der Waals surface area contributed by atoms with E-state index in [9.17, 15) is 4.79 Å². The Hall–Kier alpha value is -1.58. The molecule has 4 heteroatoms. The Bertz CT molecular complexity index is 533. The highest BCUT2D eigenvalue weighted by molar-refractivity contribution is 5.94. The molecule has 0 spiro atoms. The van der Waals surface area contributed by atoms with Gasteiger partial charge in [-0.05, 0) is 38.3 Å². The molecule has 0 radical (unpaired) electrons. The number of piperidine rings is 1. The van der Waals surface area contributed by atoms with E-state index in [4.69, 9.17) is 0 Å². The highest BCUT2D eigenvalue weighted by atomic mass is 16.2. The van der Waals surface area contributed by atoms with Crippen molar-refractivity contribution in [3.8, 4) is 0 Å². The molecule has 2 amide bonds. The first-order chi connectivity index (χ1) is 9.49. The van der Waals surface area contributed by atoms with Gasteiger partial charge in [0.1, 0.15) is 0 Å². The first-order valence-corrected chi connectivity index (χ1v) is 7.54. The van der Waals surface area contributed by atoms with Crippen LogP contribution < -0.4 is 4.90 Å². The van der Waals surface area contributed by atoms with E-state index >= 15 is 0 Å². The van der Waals surface area contributed by atoms with Gasteiger partial charge < -0.3 is 4.90 Å². The van der Waals surface area contributed by atoms with Crippen LogP contribution in [-0.4, -0.2) is 35.5 Å². The van der Waals surface area contributed by atoms with Crippen LogP contribution in [0.2, 0.25) is 0 Å². The number of pyridine rings is 1. The molecule has 2 aliphatic rings. The molecular weight excluding hydrogens is 250 g/mol. The van der Waals surface area contributed by atoms with Crippen LogP contribution >= 0.6 is 0 Å². The molecule has 0 atom stereocenters. The van der Waals surface area contributed by atoms with Crippen LogP contribution in [-0.2, 0) is 5.41 Å². The van der Waals surface area contributed by atoms with Crippen LogP contribution in [0.3, 0.4) is 0 Å². The summed E-state index contributed by atoms with van der Waals surface area (Å²) in [5.41, 5.74) is 3.01. The van der Waals surface area contributed by atoms with Gasteiger partial charge >= 0.3 is 6.03 Å². The number of carbonyl (C=O) groups is 1. The Balaban J connectivity index is 1.91. The molecule has 0 aliphatic carbocycles. The van der Waals surface area contributed by atoms with Crippen LogP contribution in [0.5, 0.6) is 0 Å². The maximum Gasteiger partial charge on any atom is 0.324 e. The van der Waals surface area contributed by atoms with Gasteiger partial charge in [0.05, 0.1) is 11.4 Å². The summed E-state index contributed by atoms with van der Waals surface area (Å²) in [5, 5.41) is 0. The number of aryl methyl sites for hydroxylation is 1. The van der Waals surface area contributed by atoms with E-state index in [0.717, 1.165) is 49.6 Å². The first-order valence-electron chi connectivity index (χ1n) is 7.54. The van der Waals surface area contributed by atoms with Gasteiger partial charge in [0.15, 0.2) is 0 Å². The summed E-state index contributed by atoms with van der Waals surface area (Å²) in [6.07, 6.45) is 3.50. The number of hydrogen-bond donors (Lipinski definition) is 0. The molecule has 0 aromatic carbocycles. The second-order valence-electron chi connectivity index (χ2n) is 6.62.